The van der Waals surface area contributed by atoms with E-state index in [0.717, 1.165) is 22.3 Å². The van der Waals surface area contributed by atoms with Crippen LogP contribution in [0.5, 0.6) is 23.0 Å². The third-order valence-electron chi connectivity index (χ3n) is 6.39. The van der Waals surface area contributed by atoms with E-state index in [9.17, 15) is 9.59 Å². The first-order chi connectivity index (χ1) is 18.3. The molecule has 0 fully saturated rings. The molecular weight excluding hydrogens is 484 g/mol. The molecule has 0 atom stereocenters. The normalized spacial score (nSPS) is 11.8. The van der Waals surface area contributed by atoms with E-state index in [1.165, 1.54) is 10.9 Å². The number of amides is 1. The van der Waals surface area contributed by atoms with E-state index in [0.29, 0.717) is 40.8 Å². The highest BCUT2D eigenvalue weighted by Gasteiger charge is 2.16. The van der Waals surface area contributed by atoms with Crippen LogP contribution in [-0.4, -0.2) is 22.5 Å². The van der Waals surface area contributed by atoms with Crippen molar-refractivity contribution in [1.82, 2.24) is 15.1 Å². The van der Waals surface area contributed by atoms with Crippen LogP contribution in [0.25, 0.3) is 0 Å². The van der Waals surface area contributed by atoms with Gasteiger partial charge in [-0.1, -0.05) is 12.1 Å². The monoisotopic (exact) mass is 512 g/mol. The average Bonchev–Trinajstić information content (AvgIpc) is 3.38. The molecule has 3 aromatic carbocycles. The van der Waals surface area contributed by atoms with Gasteiger partial charge in [0.15, 0.2) is 22.9 Å². The minimum Gasteiger partial charge on any atom is -0.454 e. The van der Waals surface area contributed by atoms with Gasteiger partial charge in [0.1, 0.15) is 5.75 Å². The number of rotatable bonds is 7. The summed E-state index contributed by atoms with van der Waals surface area (Å²) in [4.78, 5) is 25.6. The third kappa shape index (κ3) is 5.17. The van der Waals surface area contributed by atoms with Crippen LogP contribution < -0.4 is 30.4 Å². The molecule has 4 aromatic rings. The summed E-state index contributed by atoms with van der Waals surface area (Å²) in [7, 11) is 1.58. The van der Waals surface area contributed by atoms with Crippen molar-refractivity contribution in [3.05, 3.63) is 99.0 Å². The second-order valence-electron chi connectivity index (χ2n) is 9.19. The zero-order valence-electron chi connectivity index (χ0n) is 21.6. The van der Waals surface area contributed by atoms with Crippen molar-refractivity contribution >= 4 is 17.3 Å². The molecule has 38 heavy (non-hydrogen) atoms. The summed E-state index contributed by atoms with van der Waals surface area (Å²) in [6.07, 6.45) is 1.51. The molecule has 1 aliphatic heterocycles. The van der Waals surface area contributed by atoms with Gasteiger partial charge in [0, 0.05) is 24.8 Å². The number of aromatic nitrogens is 2. The molecule has 0 saturated heterocycles. The summed E-state index contributed by atoms with van der Waals surface area (Å²) in [5.41, 5.74) is 5.07. The molecule has 1 amide bonds. The molecular formula is C29H28N4O5. The molecule has 0 aliphatic carbocycles. The quantitative estimate of drug-likeness (QED) is 0.363. The SMILES string of the molecule is Cc1cc(C)c(C)c(Oc2cnn(C)c(=O)c2Nc2ccc(C(=O)NCc3ccc4c(c3)OCO4)cc2)c1. The molecule has 9 nitrogen and oxygen atoms in total. The van der Waals surface area contributed by atoms with Gasteiger partial charge in [0.2, 0.25) is 6.79 Å². The van der Waals surface area contributed by atoms with E-state index in [-0.39, 0.29) is 23.9 Å². The van der Waals surface area contributed by atoms with Crippen LogP contribution in [0.4, 0.5) is 11.4 Å². The highest BCUT2D eigenvalue weighted by molar-refractivity contribution is 5.94. The molecule has 0 unspecified atom stereocenters. The third-order valence-corrected chi connectivity index (χ3v) is 6.39. The first-order valence-corrected chi connectivity index (χ1v) is 12.1. The number of nitrogens with zero attached hydrogens (tertiary/aromatic N) is 2. The second kappa shape index (κ2) is 10.3. The molecule has 0 bridgehead atoms. The summed E-state index contributed by atoms with van der Waals surface area (Å²) in [5, 5.41) is 10.2. The van der Waals surface area contributed by atoms with Gasteiger partial charge in [-0.05, 0) is 85.5 Å². The summed E-state index contributed by atoms with van der Waals surface area (Å²) >= 11 is 0. The molecule has 1 aromatic heterocycles. The first-order valence-electron chi connectivity index (χ1n) is 12.1. The van der Waals surface area contributed by atoms with Crippen LogP contribution in [0.15, 0.2) is 65.6 Å². The van der Waals surface area contributed by atoms with Crippen LogP contribution in [0.2, 0.25) is 0 Å². The van der Waals surface area contributed by atoms with Crippen molar-refractivity contribution < 1.29 is 19.0 Å². The smallest absolute Gasteiger partial charge is 0.294 e. The molecule has 1 aliphatic rings. The van der Waals surface area contributed by atoms with Crippen LogP contribution in [0, 0.1) is 20.8 Å². The van der Waals surface area contributed by atoms with E-state index in [4.69, 9.17) is 14.2 Å². The van der Waals surface area contributed by atoms with Crippen molar-refractivity contribution in [3.8, 4) is 23.0 Å². The van der Waals surface area contributed by atoms with Crippen LogP contribution >= 0.6 is 0 Å². The fraction of sp³-hybridized carbons (Fsp3) is 0.207. The van der Waals surface area contributed by atoms with Crippen LogP contribution in [0.1, 0.15) is 32.6 Å². The van der Waals surface area contributed by atoms with Gasteiger partial charge in [-0.25, -0.2) is 4.68 Å². The largest absolute Gasteiger partial charge is 0.454 e. The fourth-order valence-electron chi connectivity index (χ4n) is 4.13. The summed E-state index contributed by atoms with van der Waals surface area (Å²) in [6, 6.07) is 16.4. The standard InChI is InChI=1S/C29H28N4O5/c1-17-11-18(2)19(3)24(12-17)38-26-15-31-33(4)29(35)27(26)32-22-8-6-21(7-9-22)28(34)30-14-20-5-10-23-25(13-20)37-16-36-23/h5-13,15,32H,14,16H2,1-4H3,(H,30,34). The Hall–Kier alpha value is -4.79. The number of nitrogens with one attached hydrogen (secondary N) is 2. The predicted molar refractivity (Wildman–Crippen MR) is 144 cm³/mol. The molecule has 2 N–H and O–H groups in total. The Morgan fingerprint density at radius 1 is 1.00 bits per heavy atom. The van der Waals surface area contributed by atoms with Crippen molar-refractivity contribution in [1.29, 1.82) is 0 Å². The maximum absolute atomic E-state index is 12.9. The maximum atomic E-state index is 12.9. The Morgan fingerprint density at radius 2 is 1.76 bits per heavy atom. The summed E-state index contributed by atoms with van der Waals surface area (Å²) < 4.78 is 18.1. The van der Waals surface area contributed by atoms with Crippen molar-refractivity contribution in [3.63, 3.8) is 0 Å². The zero-order chi connectivity index (χ0) is 26.8. The number of aryl methyl sites for hydroxylation is 3. The Balaban J connectivity index is 1.30. The van der Waals surface area contributed by atoms with Crippen LogP contribution in [0.3, 0.4) is 0 Å². The van der Waals surface area contributed by atoms with Gasteiger partial charge < -0.3 is 24.8 Å². The van der Waals surface area contributed by atoms with E-state index >= 15 is 0 Å². The molecule has 194 valence electrons. The van der Waals surface area contributed by atoms with Crippen LogP contribution in [-0.2, 0) is 13.6 Å². The van der Waals surface area contributed by atoms with Gasteiger partial charge in [-0.15, -0.1) is 0 Å². The number of benzene rings is 3. The lowest BCUT2D eigenvalue weighted by Gasteiger charge is -2.16. The predicted octanol–water partition coefficient (Wildman–Crippen LogP) is 4.90. The van der Waals surface area contributed by atoms with Crippen molar-refractivity contribution in [2.24, 2.45) is 7.05 Å². The minimum atomic E-state index is -0.338. The van der Waals surface area contributed by atoms with Crippen molar-refractivity contribution in [2.45, 2.75) is 27.3 Å². The highest BCUT2D eigenvalue weighted by atomic mass is 16.7. The number of carbonyl (C=O) groups excluding carboxylic acids is 1. The van der Waals surface area contributed by atoms with E-state index in [1.807, 2.05) is 45.0 Å². The number of fused-ring (bicyclic) bond motifs is 1. The average molecular weight is 513 g/mol. The molecule has 0 spiro atoms. The molecule has 0 radical (unpaired) electrons. The molecule has 5 rings (SSSR count). The number of hydrogen-bond donors (Lipinski definition) is 2. The fourth-order valence-corrected chi connectivity index (χ4v) is 4.13. The minimum absolute atomic E-state index is 0.204. The van der Waals surface area contributed by atoms with E-state index in [1.54, 1.807) is 31.3 Å². The number of anilines is 2. The van der Waals surface area contributed by atoms with Gasteiger partial charge in [0.05, 0.1) is 6.20 Å². The Morgan fingerprint density at radius 3 is 2.55 bits per heavy atom. The number of hydrogen-bond acceptors (Lipinski definition) is 7. The van der Waals surface area contributed by atoms with E-state index in [2.05, 4.69) is 21.8 Å². The number of ether oxygens (including phenoxy) is 3. The molecule has 2 heterocycles. The number of carbonyl (C=O) groups is 1. The second-order valence-corrected chi connectivity index (χ2v) is 9.19. The van der Waals surface area contributed by atoms with E-state index < -0.39 is 0 Å². The Labute approximate surface area is 220 Å². The lowest BCUT2D eigenvalue weighted by molar-refractivity contribution is 0.0951. The van der Waals surface area contributed by atoms with Crippen molar-refractivity contribution in [2.75, 3.05) is 12.1 Å². The highest BCUT2D eigenvalue weighted by Crippen LogP contribution is 2.33. The molecule has 9 heteroatoms. The van der Waals surface area contributed by atoms with Gasteiger partial charge in [-0.3, -0.25) is 9.59 Å². The zero-order valence-corrected chi connectivity index (χ0v) is 21.6. The summed E-state index contributed by atoms with van der Waals surface area (Å²) in [6.45, 7) is 6.54. The lowest BCUT2D eigenvalue weighted by Crippen LogP contribution is -2.23. The van der Waals surface area contributed by atoms with Gasteiger partial charge in [0.25, 0.3) is 11.5 Å². The first kappa shape index (κ1) is 24.9. The van der Waals surface area contributed by atoms with Gasteiger partial charge >= 0.3 is 0 Å². The Bertz CT molecular complexity index is 1580. The van der Waals surface area contributed by atoms with Gasteiger partial charge in [-0.2, -0.15) is 5.10 Å². The molecule has 0 saturated carbocycles. The topological polar surface area (TPSA) is 104 Å². The summed E-state index contributed by atoms with van der Waals surface area (Å²) in [5.74, 6) is 2.13. The lowest BCUT2D eigenvalue weighted by atomic mass is 10.1. The maximum Gasteiger partial charge on any atom is 0.294 e. The Kier molecular flexibility index (Phi) is 6.74.